The number of nitrogens with one attached hydrogen (secondary N) is 1. The molecule has 1 aliphatic heterocycles. The number of ether oxygens (including phenoxy) is 1. The molecular weight excluding hydrogens is 216 g/mol. The molecule has 0 spiro atoms. The molecule has 0 amide bonds. The summed E-state index contributed by atoms with van der Waals surface area (Å²) in [6.07, 6.45) is 0. The second kappa shape index (κ2) is 5.25. The smallest absolute Gasteiger partial charge is 0.123 e. The fourth-order valence-electron chi connectivity index (χ4n) is 2.03. The minimum absolute atomic E-state index is 0.828. The number of hydrogen-bond donors (Lipinski definition) is 2. The summed E-state index contributed by atoms with van der Waals surface area (Å²) in [6, 6.07) is 5.99. The number of piperazine rings is 1. The van der Waals surface area contributed by atoms with Gasteiger partial charge in [-0.15, -0.1) is 0 Å². The first-order valence-electron chi connectivity index (χ1n) is 5.82. The van der Waals surface area contributed by atoms with Crippen LogP contribution in [0.4, 0.5) is 11.4 Å². The third-order valence-electron chi connectivity index (χ3n) is 3.16. The fourth-order valence-corrected chi connectivity index (χ4v) is 2.03. The SMILES string of the molecule is COc1cc(NN)cc(N2CCN(C)CC2)c1. The Balaban J connectivity index is 2.19. The third-order valence-corrected chi connectivity index (χ3v) is 3.16. The lowest BCUT2D eigenvalue weighted by Crippen LogP contribution is -2.44. The van der Waals surface area contributed by atoms with Gasteiger partial charge in [-0.05, 0) is 13.1 Å². The van der Waals surface area contributed by atoms with Crippen LogP contribution in [-0.2, 0) is 0 Å². The van der Waals surface area contributed by atoms with E-state index in [1.807, 2.05) is 18.2 Å². The average Bonchev–Trinajstić information content (AvgIpc) is 2.39. The summed E-state index contributed by atoms with van der Waals surface area (Å²) >= 11 is 0. The van der Waals surface area contributed by atoms with E-state index in [0.717, 1.165) is 43.3 Å². The predicted octanol–water partition coefficient (Wildman–Crippen LogP) is 0.733. The van der Waals surface area contributed by atoms with Gasteiger partial charge in [0.15, 0.2) is 0 Å². The van der Waals surface area contributed by atoms with Gasteiger partial charge in [-0.3, -0.25) is 5.84 Å². The van der Waals surface area contributed by atoms with Crippen molar-refractivity contribution in [3.8, 4) is 5.75 Å². The summed E-state index contributed by atoms with van der Waals surface area (Å²) in [7, 11) is 3.82. The lowest BCUT2D eigenvalue weighted by Gasteiger charge is -2.34. The third kappa shape index (κ3) is 2.81. The first-order chi connectivity index (χ1) is 8.22. The van der Waals surface area contributed by atoms with Crippen LogP contribution in [0.25, 0.3) is 0 Å². The molecule has 1 heterocycles. The number of nitrogens with two attached hydrogens (primary N) is 1. The summed E-state index contributed by atoms with van der Waals surface area (Å²) in [5.74, 6) is 6.29. The second-order valence-corrected chi connectivity index (χ2v) is 4.35. The van der Waals surface area contributed by atoms with E-state index in [-0.39, 0.29) is 0 Å². The van der Waals surface area contributed by atoms with E-state index in [9.17, 15) is 0 Å². The Morgan fingerprint density at radius 2 is 1.88 bits per heavy atom. The van der Waals surface area contributed by atoms with E-state index in [0.29, 0.717) is 0 Å². The highest BCUT2D eigenvalue weighted by atomic mass is 16.5. The van der Waals surface area contributed by atoms with Crippen LogP contribution < -0.4 is 20.9 Å². The molecule has 0 atom stereocenters. The van der Waals surface area contributed by atoms with Crippen molar-refractivity contribution >= 4 is 11.4 Å². The number of hydrazine groups is 1. The molecule has 5 nitrogen and oxygen atoms in total. The van der Waals surface area contributed by atoms with Crippen molar-refractivity contribution in [2.24, 2.45) is 5.84 Å². The molecule has 5 heteroatoms. The average molecular weight is 236 g/mol. The van der Waals surface area contributed by atoms with Crippen LogP contribution in [0, 0.1) is 0 Å². The quantitative estimate of drug-likeness (QED) is 0.598. The van der Waals surface area contributed by atoms with Crippen molar-refractivity contribution in [2.75, 3.05) is 50.7 Å². The molecule has 1 saturated heterocycles. The first kappa shape index (κ1) is 12.0. The molecular formula is C12H20N4O. The largest absolute Gasteiger partial charge is 0.497 e. The Labute approximate surface area is 102 Å². The van der Waals surface area contributed by atoms with Crippen LogP contribution in [0.3, 0.4) is 0 Å². The van der Waals surface area contributed by atoms with Crippen molar-refractivity contribution in [2.45, 2.75) is 0 Å². The van der Waals surface area contributed by atoms with Gasteiger partial charge in [0.2, 0.25) is 0 Å². The Bertz CT molecular complexity index is 353. The summed E-state index contributed by atoms with van der Waals surface area (Å²) in [4.78, 5) is 4.68. The van der Waals surface area contributed by atoms with Gasteiger partial charge >= 0.3 is 0 Å². The molecule has 0 bridgehead atoms. The zero-order valence-corrected chi connectivity index (χ0v) is 10.4. The summed E-state index contributed by atoms with van der Waals surface area (Å²) in [5, 5.41) is 0. The van der Waals surface area contributed by atoms with Gasteiger partial charge in [-0.1, -0.05) is 0 Å². The van der Waals surface area contributed by atoms with E-state index in [1.165, 1.54) is 0 Å². The molecule has 94 valence electrons. The van der Waals surface area contributed by atoms with Gasteiger partial charge in [-0.25, -0.2) is 0 Å². The lowest BCUT2D eigenvalue weighted by molar-refractivity contribution is 0.312. The van der Waals surface area contributed by atoms with E-state index >= 15 is 0 Å². The first-order valence-corrected chi connectivity index (χ1v) is 5.82. The van der Waals surface area contributed by atoms with E-state index < -0.39 is 0 Å². The highest BCUT2D eigenvalue weighted by Gasteiger charge is 2.15. The van der Waals surface area contributed by atoms with Crippen LogP contribution >= 0.6 is 0 Å². The monoisotopic (exact) mass is 236 g/mol. The van der Waals surface area contributed by atoms with Gasteiger partial charge < -0.3 is 20.0 Å². The number of rotatable bonds is 3. The van der Waals surface area contributed by atoms with E-state index in [4.69, 9.17) is 10.6 Å². The molecule has 2 rings (SSSR count). The number of hydrogen-bond acceptors (Lipinski definition) is 5. The molecule has 0 unspecified atom stereocenters. The van der Waals surface area contributed by atoms with Gasteiger partial charge in [0, 0.05) is 44.0 Å². The summed E-state index contributed by atoms with van der Waals surface area (Å²) in [6.45, 7) is 4.24. The van der Waals surface area contributed by atoms with Crippen LogP contribution in [0.2, 0.25) is 0 Å². The van der Waals surface area contributed by atoms with Gasteiger partial charge in [0.25, 0.3) is 0 Å². The zero-order chi connectivity index (χ0) is 12.3. The highest BCUT2D eigenvalue weighted by Crippen LogP contribution is 2.27. The van der Waals surface area contributed by atoms with Crippen molar-refractivity contribution in [3.05, 3.63) is 18.2 Å². The van der Waals surface area contributed by atoms with Gasteiger partial charge in [0.1, 0.15) is 5.75 Å². The van der Waals surface area contributed by atoms with Crippen LogP contribution in [0.1, 0.15) is 0 Å². The number of nitrogen functional groups attached to an aromatic ring is 1. The van der Waals surface area contributed by atoms with Crippen molar-refractivity contribution < 1.29 is 4.74 Å². The topological polar surface area (TPSA) is 53.8 Å². The summed E-state index contributed by atoms with van der Waals surface area (Å²) in [5.41, 5.74) is 4.70. The lowest BCUT2D eigenvalue weighted by atomic mass is 10.2. The van der Waals surface area contributed by atoms with Crippen LogP contribution in [0.5, 0.6) is 5.75 Å². The van der Waals surface area contributed by atoms with Crippen molar-refractivity contribution in [1.82, 2.24) is 4.90 Å². The molecule has 3 N–H and O–H groups in total. The normalized spacial score (nSPS) is 17.0. The molecule has 0 saturated carbocycles. The second-order valence-electron chi connectivity index (χ2n) is 4.35. The summed E-state index contributed by atoms with van der Waals surface area (Å²) < 4.78 is 5.28. The highest BCUT2D eigenvalue weighted by molar-refractivity contribution is 5.62. The number of nitrogens with zero attached hydrogens (tertiary/aromatic N) is 2. The minimum atomic E-state index is 0.828. The maximum absolute atomic E-state index is 5.46. The zero-order valence-electron chi connectivity index (χ0n) is 10.4. The van der Waals surface area contributed by atoms with Crippen molar-refractivity contribution in [3.63, 3.8) is 0 Å². The number of anilines is 2. The molecule has 1 fully saturated rings. The van der Waals surface area contributed by atoms with Crippen LogP contribution in [-0.4, -0.2) is 45.2 Å². The van der Waals surface area contributed by atoms with Gasteiger partial charge in [-0.2, -0.15) is 0 Å². The minimum Gasteiger partial charge on any atom is -0.497 e. The Morgan fingerprint density at radius 3 is 2.47 bits per heavy atom. The molecule has 17 heavy (non-hydrogen) atoms. The Kier molecular flexibility index (Phi) is 3.71. The molecule has 1 aromatic carbocycles. The number of benzene rings is 1. The van der Waals surface area contributed by atoms with Crippen molar-refractivity contribution in [1.29, 1.82) is 0 Å². The molecule has 0 radical (unpaired) electrons. The molecule has 1 aromatic rings. The fraction of sp³-hybridized carbons (Fsp3) is 0.500. The molecule has 0 aliphatic carbocycles. The van der Waals surface area contributed by atoms with Gasteiger partial charge in [0.05, 0.1) is 12.8 Å². The predicted molar refractivity (Wildman–Crippen MR) is 70.5 cm³/mol. The standard InChI is InChI=1S/C12H20N4O/c1-15-3-5-16(6-4-15)11-7-10(14-13)8-12(9-11)17-2/h7-9,14H,3-6,13H2,1-2H3. The number of methoxy groups -OCH3 is 1. The molecule has 1 aliphatic rings. The van der Waals surface area contributed by atoms with E-state index in [2.05, 4.69) is 22.3 Å². The molecule has 0 aromatic heterocycles. The van der Waals surface area contributed by atoms with Crippen LogP contribution in [0.15, 0.2) is 18.2 Å². The maximum atomic E-state index is 5.46. The Morgan fingerprint density at radius 1 is 1.18 bits per heavy atom. The number of likely N-dealkylation sites (N-methyl/N-ethyl adjacent to an activating group) is 1. The maximum Gasteiger partial charge on any atom is 0.123 e. The Hall–Kier alpha value is -1.46. The van der Waals surface area contributed by atoms with E-state index in [1.54, 1.807) is 7.11 Å².